The van der Waals surface area contributed by atoms with Crippen molar-refractivity contribution in [2.24, 2.45) is 5.92 Å². The summed E-state index contributed by atoms with van der Waals surface area (Å²) in [4.78, 5) is 28.9. The maximum absolute atomic E-state index is 14.6. The molecule has 0 spiro atoms. The van der Waals surface area contributed by atoms with Crippen LogP contribution in [0, 0.1) is 17.6 Å². The summed E-state index contributed by atoms with van der Waals surface area (Å²) in [6.45, 7) is 8.97. The molecule has 1 atom stereocenters. The van der Waals surface area contributed by atoms with Crippen LogP contribution >= 0.6 is 0 Å². The van der Waals surface area contributed by atoms with Crippen LogP contribution in [0.4, 0.5) is 20.2 Å². The van der Waals surface area contributed by atoms with Crippen LogP contribution in [0.1, 0.15) is 39.3 Å². The van der Waals surface area contributed by atoms with E-state index in [-0.39, 0.29) is 11.3 Å². The van der Waals surface area contributed by atoms with Crippen molar-refractivity contribution in [2.45, 2.75) is 33.7 Å². The summed E-state index contributed by atoms with van der Waals surface area (Å²) in [5.74, 6) is -4.16. The molecule has 0 fully saturated rings. The van der Waals surface area contributed by atoms with Crippen molar-refractivity contribution in [3.63, 3.8) is 0 Å². The van der Waals surface area contributed by atoms with Crippen LogP contribution in [0.5, 0.6) is 0 Å². The zero-order valence-electron chi connectivity index (χ0n) is 18.0. The van der Waals surface area contributed by atoms with Crippen LogP contribution in [-0.2, 0) is 9.59 Å². The fourth-order valence-electron chi connectivity index (χ4n) is 3.86. The third kappa shape index (κ3) is 4.04. The lowest BCUT2D eigenvalue weighted by Crippen LogP contribution is -2.32. The lowest BCUT2D eigenvalue weighted by Gasteiger charge is -2.28. The van der Waals surface area contributed by atoms with Crippen molar-refractivity contribution < 1.29 is 23.5 Å². The minimum Gasteiger partial charge on any atom is -0.503 e. The summed E-state index contributed by atoms with van der Waals surface area (Å²) < 4.78 is 28.5. The molecule has 1 N–H and O–H groups in total. The zero-order valence-corrected chi connectivity index (χ0v) is 18.0. The van der Waals surface area contributed by atoms with Gasteiger partial charge in [0.05, 0.1) is 17.3 Å². The highest BCUT2D eigenvalue weighted by molar-refractivity contribution is 6.16. The second-order valence-electron chi connectivity index (χ2n) is 7.72. The molecule has 1 aliphatic rings. The summed E-state index contributed by atoms with van der Waals surface area (Å²) in [5.41, 5.74) is 1.02. The van der Waals surface area contributed by atoms with Crippen molar-refractivity contribution in [2.75, 3.05) is 22.9 Å². The number of aliphatic hydroxyl groups is 1. The number of amides is 1. The predicted octanol–water partition coefficient (Wildman–Crippen LogP) is 4.94. The van der Waals surface area contributed by atoms with Crippen LogP contribution in [0.3, 0.4) is 0 Å². The molecule has 0 saturated carbocycles. The minimum atomic E-state index is -1.07. The van der Waals surface area contributed by atoms with E-state index in [0.717, 1.165) is 41.9 Å². The van der Waals surface area contributed by atoms with E-state index in [4.69, 9.17) is 0 Å². The Balaban J connectivity index is 2.17. The first-order valence-electron chi connectivity index (χ1n) is 10.3. The number of halogens is 2. The highest BCUT2D eigenvalue weighted by Gasteiger charge is 2.45. The highest BCUT2D eigenvalue weighted by atomic mass is 19.1. The van der Waals surface area contributed by atoms with E-state index >= 15 is 0 Å². The lowest BCUT2D eigenvalue weighted by atomic mass is 9.91. The van der Waals surface area contributed by atoms with Crippen molar-refractivity contribution in [1.29, 1.82) is 0 Å². The molecule has 0 bridgehead atoms. The predicted molar refractivity (Wildman–Crippen MR) is 116 cm³/mol. The van der Waals surface area contributed by atoms with Gasteiger partial charge in [0.25, 0.3) is 5.91 Å². The van der Waals surface area contributed by atoms with Crippen molar-refractivity contribution in [3.05, 3.63) is 71.0 Å². The monoisotopic (exact) mass is 428 g/mol. The molecule has 1 aliphatic heterocycles. The molecule has 0 saturated heterocycles. The number of benzene rings is 2. The maximum Gasteiger partial charge on any atom is 0.294 e. The summed E-state index contributed by atoms with van der Waals surface area (Å²) >= 11 is 0. The first kappa shape index (κ1) is 22.5. The van der Waals surface area contributed by atoms with Crippen LogP contribution in [0.25, 0.3) is 0 Å². The van der Waals surface area contributed by atoms with Crippen LogP contribution in [0.15, 0.2) is 53.8 Å². The van der Waals surface area contributed by atoms with E-state index < -0.39 is 41.0 Å². The second-order valence-corrected chi connectivity index (χ2v) is 7.72. The molecule has 2 aromatic rings. The van der Waals surface area contributed by atoms with E-state index in [2.05, 4.69) is 4.90 Å². The van der Waals surface area contributed by atoms with Gasteiger partial charge in [-0.25, -0.2) is 8.78 Å². The molecule has 31 heavy (non-hydrogen) atoms. The second kappa shape index (κ2) is 8.88. The average Bonchev–Trinajstić information content (AvgIpc) is 3.01. The molecule has 164 valence electrons. The van der Waals surface area contributed by atoms with Gasteiger partial charge in [-0.15, -0.1) is 0 Å². The summed E-state index contributed by atoms with van der Waals surface area (Å²) in [6.07, 6.45) is 0. The Hall–Kier alpha value is -3.22. The number of rotatable bonds is 7. The number of ketones is 1. The van der Waals surface area contributed by atoms with Gasteiger partial charge >= 0.3 is 0 Å². The van der Waals surface area contributed by atoms with Gasteiger partial charge in [0, 0.05) is 30.8 Å². The molecule has 0 radical (unpaired) electrons. The Kier molecular flexibility index (Phi) is 6.43. The summed E-state index contributed by atoms with van der Waals surface area (Å²) in [7, 11) is 0. The normalized spacial score (nSPS) is 16.4. The number of carbonyl (C=O) groups excluding carboxylic acids is 2. The van der Waals surface area contributed by atoms with Gasteiger partial charge in [0.1, 0.15) is 11.6 Å². The average molecular weight is 428 g/mol. The van der Waals surface area contributed by atoms with Gasteiger partial charge < -0.3 is 10.0 Å². The number of nitrogens with zero attached hydrogens (tertiary/aromatic N) is 2. The van der Waals surface area contributed by atoms with Crippen molar-refractivity contribution >= 4 is 23.1 Å². The van der Waals surface area contributed by atoms with E-state index in [9.17, 15) is 23.5 Å². The molecule has 2 aromatic carbocycles. The lowest BCUT2D eigenvalue weighted by molar-refractivity contribution is -0.119. The topological polar surface area (TPSA) is 60.9 Å². The van der Waals surface area contributed by atoms with Gasteiger partial charge in [-0.05, 0) is 43.7 Å². The first-order chi connectivity index (χ1) is 14.7. The standard InChI is InChI=1S/C24H26F2N2O3/c1-5-27(6-2)17-10-7-15(8-11-17)21-20(22(29)14(3)4)23(30)24(31)28(21)19-13-16(25)9-12-18(19)26/h7-14,21,30H,5-6H2,1-4H3. The van der Waals surface area contributed by atoms with Gasteiger partial charge in [-0.2, -0.15) is 0 Å². The Bertz CT molecular complexity index is 1030. The SMILES string of the molecule is CCN(CC)c1ccc(C2C(C(=O)C(C)C)=C(O)C(=O)N2c2cc(F)ccc2F)cc1. The smallest absolute Gasteiger partial charge is 0.294 e. The Morgan fingerprint density at radius 1 is 1.10 bits per heavy atom. The number of aliphatic hydroxyl groups excluding tert-OH is 1. The Morgan fingerprint density at radius 2 is 1.71 bits per heavy atom. The molecule has 1 amide bonds. The van der Waals surface area contributed by atoms with Crippen molar-refractivity contribution in [1.82, 2.24) is 0 Å². The molecular weight excluding hydrogens is 402 g/mol. The van der Waals surface area contributed by atoms with Gasteiger partial charge in [0.2, 0.25) is 0 Å². The van der Waals surface area contributed by atoms with Crippen LogP contribution in [-0.4, -0.2) is 29.9 Å². The first-order valence-corrected chi connectivity index (χ1v) is 10.3. The van der Waals surface area contributed by atoms with Crippen molar-refractivity contribution in [3.8, 4) is 0 Å². The Labute approximate surface area is 180 Å². The molecule has 7 heteroatoms. The molecule has 0 aromatic heterocycles. The van der Waals surface area contributed by atoms with E-state index in [0.29, 0.717) is 5.56 Å². The number of Topliss-reactive ketones (excluding diaryl/α,β-unsaturated/α-hetero) is 1. The molecule has 0 aliphatic carbocycles. The third-order valence-electron chi connectivity index (χ3n) is 5.50. The third-order valence-corrected chi connectivity index (χ3v) is 5.50. The largest absolute Gasteiger partial charge is 0.503 e. The van der Waals surface area contributed by atoms with Gasteiger partial charge in [-0.1, -0.05) is 26.0 Å². The van der Waals surface area contributed by atoms with Gasteiger partial charge in [0.15, 0.2) is 11.5 Å². The zero-order chi connectivity index (χ0) is 22.9. The fourth-order valence-corrected chi connectivity index (χ4v) is 3.86. The molecule has 5 nitrogen and oxygen atoms in total. The summed E-state index contributed by atoms with van der Waals surface area (Å²) in [5, 5.41) is 10.6. The molecule has 3 rings (SSSR count). The highest BCUT2D eigenvalue weighted by Crippen LogP contribution is 2.43. The van der Waals surface area contributed by atoms with Gasteiger partial charge in [-0.3, -0.25) is 14.5 Å². The van der Waals surface area contributed by atoms with Crippen LogP contribution < -0.4 is 9.80 Å². The van der Waals surface area contributed by atoms with E-state index in [1.807, 2.05) is 26.0 Å². The number of anilines is 2. The maximum atomic E-state index is 14.6. The number of hydrogen-bond acceptors (Lipinski definition) is 4. The fraction of sp³-hybridized carbons (Fsp3) is 0.333. The van der Waals surface area contributed by atoms with E-state index in [1.54, 1.807) is 26.0 Å². The molecule has 1 heterocycles. The molecule has 1 unspecified atom stereocenters. The van der Waals surface area contributed by atoms with E-state index in [1.165, 1.54) is 0 Å². The molecular formula is C24H26F2N2O3. The number of carbonyl (C=O) groups is 2. The minimum absolute atomic E-state index is 0.112. The summed E-state index contributed by atoms with van der Waals surface area (Å²) in [6, 6.07) is 8.85. The van der Waals surface area contributed by atoms with Crippen LogP contribution in [0.2, 0.25) is 0 Å². The number of hydrogen-bond donors (Lipinski definition) is 1. The quantitative estimate of drug-likeness (QED) is 0.679. The Morgan fingerprint density at radius 3 is 2.26 bits per heavy atom.